The average molecular weight is 313 g/mol. The number of rotatable bonds is 4. The molecule has 0 aliphatic carbocycles. The van der Waals surface area contributed by atoms with Crippen LogP contribution in [0.3, 0.4) is 0 Å². The van der Waals surface area contributed by atoms with Gasteiger partial charge in [-0.1, -0.05) is 29.4 Å². The first-order valence-electron chi connectivity index (χ1n) is 6.81. The van der Waals surface area contributed by atoms with E-state index in [1.54, 1.807) is 25.1 Å². The monoisotopic (exact) mass is 313 g/mol. The molecule has 2 rings (SSSR count). The Hall–Kier alpha value is -3.15. The summed E-state index contributed by atoms with van der Waals surface area (Å²) in [6.07, 6.45) is 2.66. The smallest absolute Gasteiger partial charge is 0.358 e. The van der Waals surface area contributed by atoms with E-state index < -0.39 is 5.97 Å². The second-order valence-corrected chi connectivity index (χ2v) is 4.79. The average Bonchev–Trinajstić information content (AvgIpc) is 2.54. The fourth-order valence-corrected chi connectivity index (χ4v) is 1.84. The van der Waals surface area contributed by atoms with Crippen molar-refractivity contribution in [3.63, 3.8) is 0 Å². The molecule has 23 heavy (non-hydrogen) atoms. The fraction of sp³-hybridized carbons (Fsp3) is 0.0588. The summed E-state index contributed by atoms with van der Waals surface area (Å²) in [4.78, 5) is 16.3. The third-order valence-electron chi connectivity index (χ3n) is 3.17. The number of anilines is 1. The fourth-order valence-electron chi connectivity index (χ4n) is 1.84. The molecule has 0 aliphatic heterocycles. The molecule has 0 atom stereocenters. The van der Waals surface area contributed by atoms with Crippen molar-refractivity contribution in [3.8, 4) is 0 Å². The number of nitrogen functional groups attached to an aromatic ring is 1. The van der Waals surface area contributed by atoms with Crippen LogP contribution in [0.15, 0.2) is 53.7 Å². The normalized spacial score (nSPS) is 11.7. The molecular formula is C17H16FN3O2. The minimum Gasteiger partial charge on any atom is -0.398 e. The molecule has 0 saturated carbocycles. The zero-order valence-corrected chi connectivity index (χ0v) is 12.5. The number of nitrogens with zero attached hydrogens (tertiary/aromatic N) is 1. The number of halogens is 1. The van der Waals surface area contributed by atoms with Gasteiger partial charge in [0.2, 0.25) is 0 Å². The summed E-state index contributed by atoms with van der Waals surface area (Å²) >= 11 is 0. The highest BCUT2D eigenvalue weighted by Crippen LogP contribution is 2.15. The molecule has 2 aromatic carbocycles. The van der Waals surface area contributed by atoms with E-state index in [2.05, 4.69) is 5.16 Å². The van der Waals surface area contributed by atoms with Crippen LogP contribution in [0.4, 0.5) is 10.1 Å². The van der Waals surface area contributed by atoms with Crippen molar-refractivity contribution in [1.29, 1.82) is 0 Å². The Balaban J connectivity index is 2.02. The maximum absolute atomic E-state index is 12.8. The highest BCUT2D eigenvalue weighted by molar-refractivity contribution is 6.00. The molecule has 4 N–H and O–H groups in total. The number of carbonyl (C=O) groups excluding carboxylic acids is 1. The molecule has 0 heterocycles. The molecule has 0 saturated heterocycles. The number of benzene rings is 2. The van der Waals surface area contributed by atoms with E-state index in [1.165, 1.54) is 36.4 Å². The molecule has 0 radical (unpaired) electrons. The first-order valence-corrected chi connectivity index (χ1v) is 6.81. The van der Waals surface area contributed by atoms with Crippen LogP contribution in [0, 0.1) is 12.7 Å². The minimum atomic E-state index is -0.696. The molecule has 0 amide bonds. The van der Waals surface area contributed by atoms with Gasteiger partial charge >= 0.3 is 5.97 Å². The van der Waals surface area contributed by atoms with Crippen molar-refractivity contribution in [1.82, 2.24) is 0 Å². The van der Waals surface area contributed by atoms with E-state index in [4.69, 9.17) is 16.3 Å². The van der Waals surface area contributed by atoms with E-state index in [0.717, 1.165) is 5.56 Å². The van der Waals surface area contributed by atoms with Crippen LogP contribution in [-0.2, 0) is 9.63 Å². The van der Waals surface area contributed by atoms with Gasteiger partial charge in [0.05, 0.1) is 0 Å². The molecule has 6 heteroatoms. The summed E-state index contributed by atoms with van der Waals surface area (Å²) < 4.78 is 12.8. The van der Waals surface area contributed by atoms with Crippen molar-refractivity contribution in [2.45, 2.75) is 6.92 Å². The maximum atomic E-state index is 12.8. The van der Waals surface area contributed by atoms with Crippen molar-refractivity contribution in [3.05, 3.63) is 71.0 Å². The van der Waals surface area contributed by atoms with E-state index >= 15 is 0 Å². The topological polar surface area (TPSA) is 90.7 Å². The molecule has 0 spiro atoms. The molecular weight excluding hydrogens is 297 g/mol. The van der Waals surface area contributed by atoms with Gasteiger partial charge in [-0.15, -0.1) is 0 Å². The van der Waals surface area contributed by atoms with E-state index in [-0.39, 0.29) is 11.7 Å². The van der Waals surface area contributed by atoms with Gasteiger partial charge in [-0.25, -0.2) is 9.18 Å². The zero-order chi connectivity index (χ0) is 16.8. The van der Waals surface area contributed by atoms with Gasteiger partial charge in [0, 0.05) is 17.3 Å². The van der Waals surface area contributed by atoms with Gasteiger partial charge in [0.1, 0.15) is 5.82 Å². The van der Waals surface area contributed by atoms with Crippen molar-refractivity contribution >= 4 is 23.6 Å². The Bertz CT molecular complexity index is 768. The summed E-state index contributed by atoms with van der Waals surface area (Å²) in [5.74, 6) is -0.989. The zero-order valence-electron chi connectivity index (χ0n) is 12.5. The summed E-state index contributed by atoms with van der Waals surface area (Å²) in [6, 6.07) is 10.9. The number of amidine groups is 1. The van der Waals surface area contributed by atoms with Gasteiger partial charge in [-0.3, -0.25) is 0 Å². The Kier molecular flexibility index (Phi) is 5.09. The Morgan fingerprint density at radius 3 is 2.61 bits per heavy atom. The Morgan fingerprint density at radius 2 is 1.91 bits per heavy atom. The maximum Gasteiger partial charge on any atom is 0.358 e. The first kappa shape index (κ1) is 16.2. The summed E-state index contributed by atoms with van der Waals surface area (Å²) in [5.41, 5.74) is 14.2. The molecule has 0 unspecified atom stereocenters. The molecule has 2 aromatic rings. The quantitative estimate of drug-likeness (QED) is 0.227. The van der Waals surface area contributed by atoms with Crippen LogP contribution in [-0.4, -0.2) is 11.8 Å². The Morgan fingerprint density at radius 1 is 1.22 bits per heavy atom. The number of nitrogens with two attached hydrogens (primary N) is 2. The third-order valence-corrected chi connectivity index (χ3v) is 3.17. The van der Waals surface area contributed by atoms with Crippen LogP contribution in [0.5, 0.6) is 0 Å². The Labute approximate surface area is 133 Å². The van der Waals surface area contributed by atoms with Gasteiger partial charge in [0.25, 0.3) is 0 Å². The lowest BCUT2D eigenvalue weighted by molar-refractivity contribution is -0.137. The highest BCUT2D eigenvalue weighted by atomic mass is 19.1. The summed E-state index contributed by atoms with van der Waals surface area (Å²) in [7, 11) is 0. The third kappa shape index (κ3) is 4.41. The molecule has 118 valence electrons. The molecule has 0 fully saturated rings. The van der Waals surface area contributed by atoms with Crippen molar-refractivity contribution < 1.29 is 14.0 Å². The van der Waals surface area contributed by atoms with Gasteiger partial charge < -0.3 is 16.3 Å². The predicted molar refractivity (Wildman–Crippen MR) is 87.8 cm³/mol. The molecule has 5 nitrogen and oxygen atoms in total. The molecule has 0 aromatic heterocycles. The van der Waals surface area contributed by atoms with Crippen molar-refractivity contribution in [2.75, 3.05) is 5.73 Å². The standard InChI is InChI=1S/C17H16FN3O2/c1-11-14(3-2-4-15(11)19)17(20)21-23-16(22)10-7-12-5-8-13(18)9-6-12/h2-10H,19H2,1H3,(H2,20,21)/b10-7+. The largest absolute Gasteiger partial charge is 0.398 e. The number of oxime groups is 1. The van der Waals surface area contributed by atoms with Crippen LogP contribution in [0.25, 0.3) is 6.08 Å². The van der Waals surface area contributed by atoms with Crippen molar-refractivity contribution in [2.24, 2.45) is 10.9 Å². The lowest BCUT2D eigenvalue weighted by Gasteiger charge is -2.06. The number of carbonyl (C=O) groups is 1. The van der Waals surface area contributed by atoms with Crippen LogP contribution < -0.4 is 11.5 Å². The van der Waals surface area contributed by atoms with Gasteiger partial charge in [-0.05, 0) is 42.3 Å². The van der Waals surface area contributed by atoms with Gasteiger partial charge in [0.15, 0.2) is 5.84 Å². The van der Waals surface area contributed by atoms with Gasteiger partial charge in [-0.2, -0.15) is 0 Å². The SMILES string of the molecule is Cc1c(N)cccc1/C(N)=N/OC(=O)/C=C/c1ccc(F)cc1. The van der Waals surface area contributed by atoms with E-state index in [9.17, 15) is 9.18 Å². The lowest BCUT2D eigenvalue weighted by atomic mass is 10.1. The number of hydrogen-bond acceptors (Lipinski definition) is 4. The summed E-state index contributed by atoms with van der Waals surface area (Å²) in [6.45, 7) is 1.79. The minimum absolute atomic E-state index is 0.0540. The summed E-state index contributed by atoms with van der Waals surface area (Å²) in [5, 5.41) is 3.60. The lowest BCUT2D eigenvalue weighted by Crippen LogP contribution is -2.16. The van der Waals surface area contributed by atoms with E-state index in [0.29, 0.717) is 16.8 Å². The molecule has 0 bridgehead atoms. The predicted octanol–water partition coefficient (Wildman–Crippen LogP) is 2.59. The van der Waals surface area contributed by atoms with Crippen LogP contribution in [0.2, 0.25) is 0 Å². The highest BCUT2D eigenvalue weighted by Gasteiger charge is 2.06. The van der Waals surface area contributed by atoms with Crippen LogP contribution in [0.1, 0.15) is 16.7 Å². The van der Waals surface area contributed by atoms with Crippen LogP contribution >= 0.6 is 0 Å². The van der Waals surface area contributed by atoms with E-state index in [1.807, 2.05) is 0 Å². The molecule has 0 aliphatic rings. The number of hydrogen-bond donors (Lipinski definition) is 2. The second kappa shape index (κ2) is 7.22. The second-order valence-electron chi connectivity index (χ2n) is 4.79. The first-order chi connectivity index (χ1) is 11.0.